The molecule has 1 aliphatic carbocycles. The van der Waals surface area contributed by atoms with Gasteiger partial charge in [-0.1, -0.05) is 6.07 Å². The average Bonchev–Trinajstić information content (AvgIpc) is 3.08. The number of hydrogen-bond acceptors (Lipinski definition) is 6. The number of aromatic nitrogens is 5. The van der Waals surface area contributed by atoms with Gasteiger partial charge in [0.05, 0.1) is 10.3 Å². The maximum absolute atomic E-state index is 12.6. The fourth-order valence-electron chi connectivity index (χ4n) is 2.76. The number of benzene rings is 1. The molecule has 0 bridgehead atoms. The molecule has 10 heteroatoms. The van der Waals surface area contributed by atoms with E-state index < -0.39 is 0 Å². The summed E-state index contributed by atoms with van der Waals surface area (Å²) in [6.07, 6.45) is 0.718. The highest BCUT2D eigenvalue weighted by Gasteiger charge is 2.39. The van der Waals surface area contributed by atoms with Crippen molar-refractivity contribution in [2.24, 2.45) is 0 Å². The van der Waals surface area contributed by atoms with Gasteiger partial charge in [-0.05, 0) is 27.9 Å². The normalized spacial score (nSPS) is 12.5. The van der Waals surface area contributed by atoms with Crippen molar-refractivity contribution in [2.75, 3.05) is 5.32 Å². The zero-order chi connectivity index (χ0) is 16.8. The number of fused-ring (bicyclic) bond motifs is 3. The van der Waals surface area contributed by atoms with Crippen LogP contribution in [0.1, 0.15) is 18.3 Å². The first-order valence-corrected chi connectivity index (χ1v) is 7.23. The van der Waals surface area contributed by atoms with Crippen LogP contribution in [-0.4, -0.2) is 21.0 Å². The largest absolute Gasteiger partial charge is 0.692 e. The highest BCUT2D eigenvalue weighted by molar-refractivity contribution is 5.88. The zero-order valence-corrected chi connectivity index (χ0v) is 12.6. The molecular weight excluding hydrogens is 316 g/mol. The predicted molar refractivity (Wildman–Crippen MR) is 78.7 cm³/mol. The van der Waals surface area contributed by atoms with Crippen molar-refractivity contribution >= 4 is 11.6 Å². The molecule has 0 aliphatic heterocycles. The molecule has 2 aromatic heterocycles. The summed E-state index contributed by atoms with van der Waals surface area (Å²) in [4.78, 5) is 13.3. The predicted octanol–water partition coefficient (Wildman–Crippen LogP) is -0.149. The topological polar surface area (TPSA) is 127 Å². The molecule has 1 aliphatic rings. The minimum absolute atomic E-state index is 0.214. The summed E-state index contributed by atoms with van der Waals surface area (Å²) in [5.74, 6) is -0.214. The smallest absolute Gasteiger partial charge is 0.303 e. The van der Waals surface area contributed by atoms with E-state index >= 15 is 0 Å². The Labute approximate surface area is 135 Å². The molecule has 1 N–H and O–H groups in total. The van der Waals surface area contributed by atoms with Gasteiger partial charge in [-0.3, -0.25) is 9.42 Å². The molecule has 0 spiro atoms. The summed E-state index contributed by atoms with van der Waals surface area (Å²) in [6.45, 7) is 1.40. The Morgan fingerprint density at radius 2 is 2.08 bits per heavy atom. The third-order valence-electron chi connectivity index (χ3n) is 3.79. The summed E-state index contributed by atoms with van der Waals surface area (Å²) >= 11 is 0. The van der Waals surface area contributed by atoms with E-state index in [9.17, 15) is 15.2 Å². The lowest BCUT2D eigenvalue weighted by Crippen LogP contribution is -2.41. The SMILES string of the molecule is CC(=O)Nc1cccc(-n2nc3c([n+]2[O-])CCc2c-3no[n+]2[O-])c1. The van der Waals surface area contributed by atoms with Crippen LogP contribution >= 0.6 is 0 Å². The second-order valence-corrected chi connectivity index (χ2v) is 5.41. The Balaban J connectivity index is 1.82. The molecule has 10 nitrogen and oxygen atoms in total. The Morgan fingerprint density at radius 1 is 1.29 bits per heavy atom. The van der Waals surface area contributed by atoms with Crippen molar-refractivity contribution in [3.8, 4) is 17.1 Å². The van der Waals surface area contributed by atoms with Crippen LogP contribution in [0.2, 0.25) is 0 Å². The van der Waals surface area contributed by atoms with Crippen molar-refractivity contribution < 1.29 is 19.2 Å². The molecule has 4 rings (SSSR count). The highest BCUT2D eigenvalue weighted by Crippen LogP contribution is 2.27. The lowest BCUT2D eigenvalue weighted by atomic mass is 10.0. The Hall–Kier alpha value is -3.43. The molecule has 1 amide bonds. The number of rotatable bonds is 2. The van der Waals surface area contributed by atoms with Crippen LogP contribution in [0.3, 0.4) is 0 Å². The average molecular weight is 328 g/mol. The van der Waals surface area contributed by atoms with Crippen molar-refractivity contribution in [3.05, 3.63) is 46.1 Å². The van der Waals surface area contributed by atoms with E-state index in [1.807, 2.05) is 0 Å². The molecule has 1 aromatic carbocycles. The molecule has 0 saturated heterocycles. The van der Waals surface area contributed by atoms with Crippen LogP contribution in [0, 0.1) is 10.4 Å². The molecule has 0 radical (unpaired) electrons. The molecule has 3 aromatic rings. The number of nitrogens with one attached hydrogen (secondary N) is 1. The van der Waals surface area contributed by atoms with Gasteiger partial charge in [-0.15, -0.1) is 4.85 Å². The van der Waals surface area contributed by atoms with Gasteiger partial charge >= 0.3 is 11.4 Å². The van der Waals surface area contributed by atoms with Gasteiger partial charge < -0.3 is 15.7 Å². The van der Waals surface area contributed by atoms with E-state index in [1.54, 1.807) is 24.3 Å². The number of nitrogens with zero attached hydrogens (tertiary/aromatic N) is 5. The lowest BCUT2D eigenvalue weighted by molar-refractivity contribution is -0.808. The maximum Gasteiger partial charge on any atom is 0.303 e. The molecular formula is C14H12N6O4. The quantitative estimate of drug-likeness (QED) is 0.515. The van der Waals surface area contributed by atoms with Gasteiger partial charge in [-0.2, -0.15) is 0 Å². The van der Waals surface area contributed by atoms with Crippen LogP contribution in [0.15, 0.2) is 28.9 Å². The van der Waals surface area contributed by atoms with Gasteiger partial charge in [-0.25, -0.2) is 0 Å². The number of anilines is 1. The highest BCUT2D eigenvalue weighted by atomic mass is 16.8. The van der Waals surface area contributed by atoms with Crippen molar-refractivity contribution in [1.82, 2.24) is 15.1 Å². The molecule has 0 unspecified atom stereocenters. The summed E-state index contributed by atoms with van der Waals surface area (Å²) in [7, 11) is 0. The van der Waals surface area contributed by atoms with Gasteiger partial charge in [0.1, 0.15) is 5.69 Å². The van der Waals surface area contributed by atoms with E-state index in [-0.39, 0.29) is 11.6 Å². The first-order valence-electron chi connectivity index (χ1n) is 7.23. The Morgan fingerprint density at radius 3 is 2.88 bits per heavy atom. The van der Waals surface area contributed by atoms with E-state index in [2.05, 4.69) is 20.2 Å². The third kappa shape index (κ3) is 2.07. The second-order valence-electron chi connectivity index (χ2n) is 5.41. The summed E-state index contributed by atoms with van der Waals surface area (Å²) in [5, 5.41) is 34.7. The van der Waals surface area contributed by atoms with Gasteiger partial charge in [0.15, 0.2) is 5.69 Å². The molecule has 0 fully saturated rings. The fraction of sp³-hybridized carbons (Fsp3) is 0.214. The molecule has 2 heterocycles. The van der Waals surface area contributed by atoms with Crippen LogP contribution in [0.4, 0.5) is 5.69 Å². The summed E-state index contributed by atoms with van der Waals surface area (Å²) in [5.41, 5.74) is 2.42. The van der Waals surface area contributed by atoms with Crippen molar-refractivity contribution in [1.29, 1.82) is 0 Å². The standard InChI is InChI=1S/C14H12N6O4/c1-8(21)15-9-3-2-4-10(7-9)18-16-13-11(19(18)22)5-6-12-14(13)17-24-20(12)23/h2-4,7H,5-6H2,1H3,(H,15,21). The van der Waals surface area contributed by atoms with Crippen molar-refractivity contribution in [3.63, 3.8) is 0 Å². The minimum Gasteiger partial charge on any atom is -0.692 e. The summed E-state index contributed by atoms with van der Waals surface area (Å²) < 4.78 is 4.60. The van der Waals surface area contributed by atoms with Crippen LogP contribution in [0.5, 0.6) is 0 Å². The van der Waals surface area contributed by atoms with Gasteiger partial charge in [0.25, 0.3) is 0 Å². The van der Waals surface area contributed by atoms with E-state index in [0.717, 1.165) is 4.80 Å². The van der Waals surface area contributed by atoms with E-state index in [0.29, 0.717) is 51.0 Å². The zero-order valence-electron chi connectivity index (χ0n) is 12.6. The number of amides is 1. The van der Waals surface area contributed by atoms with E-state index in [4.69, 9.17) is 0 Å². The lowest BCUT2D eigenvalue weighted by Gasteiger charge is -2.08. The number of carbonyl (C=O) groups is 1. The molecule has 0 atom stereocenters. The van der Waals surface area contributed by atoms with Gasteiger partial charge in [0.2, 0.25) is 11.6 Å². The van der Waals surface area contributed by atoms with Crippen LogP contribution in [-0.2, 0) is 17.6 Å². The number of carbonyl (C=O) groups excluding carboxylic acids is 1. The molecule has 122 valence electrons. The minimum atomic E-state index is -0.214. The van der Waals surface area contributed by atoms with Crippen LogP contribution in [0.25, 0.3) is 17.1 Å². The second kappa shape index (κ2) is 5.05. The number of hydrogen-bond donors (Lipinski definition) is 1. The fourth-order valence-corrected chi connectivity index (χ4v) is 2.76. The Bertz CT molecular complexity index is 960. The molecule has 24 heavy (non-hydrogen) atoms. The van der Waals surface area contributed by atoms with Gasteiger partial charge in [0, 0.05) is 25.5 Å². The van der Waals surface area contributed by atoms with E-state index in [1.165, 1.54) is 6.92 Å². The third-order valence-corrected chi connectivity index (χ3v) is 3.79. The first-order chi connectivity index (χ1) is 11.5. The van der Waals surface area contributed by atoms with Crippen LogP contribution < -0.4 is 15.1 Å². The van der Waals surface area contributed by atoms with Crippen molar-refractivity contribution in [2.45, 2.75) is 19.8 Å². The molecule has 0 saturated carbocycles. The first kappa shape index (κ1) is 14.2. The maximum atomic E-state index is 12.6. The monoisotopic (exact) mass is 328 g/mol. The summed E-state index contributed by atoms with van der Waals surface area (Å²) in [6, 6.07) is 6.73. The Kier molecular flexibility index (Phi) is 2.98.